The Morgan fingerprint density at radius 2 is 1.73 bits per heavy atom. The Morgan fingerprint density at radius 3 is 2.48 bits per heavy atom. The molecule has 5 rings (SSSR count). The van der Waals surface area contributed by atoms with Gasteiger partial charge in [-0.15, -0.1) is 0 Å². The Labute approximate surface area is 191 Å². The van der Waals surface area contributed by atoms with Crippen LogP contribution in [0.3, 0.4) is 0 Å². The van der Waals surface area contributed by atoms with Gasteiger partial charge < -0.3 is 9.84 Å². The first-order valence-corrected chi connectivity index (χ1v) is 10.9. The van der Waals surface area contributed by atoms with Gasteiger partial charge >= 0.3 is 6.03 Å². The molecule has 0 spiro atoms. The predicted molar refractivity (Wildman–Crippen MR) is 124 cm³/mol. The van der Waals surface area contributed by atoms with E-state index < -0.39 is 11.6 Å². The lowest BCUT2D eigenvalue weighted by Crippen LogP contribution is -2.41. The number of imide groups is 1. The molecule has 0 bridgehead atoms. The van der Waals surface area contributed by atoms with Crippen LogP contribution in [-0.4, -0.2) is 27.0 Å². The van der Waals surface area contributed by atoms with Crippen LogP contribution in [0.1, 0.15) is 43.7 Å². The summed E-state index contributed by atoms with van der Waals surface area (Å²) in [4.78, 5) is 31.7. The van der Waals surface area contributed by atoms with Crippen molar-refractivity contribution in [3.8, 4) is 11.4 Å². The average molecular weight is 441 g/mol. The van der Waals surface area contributed by atoms with E-state index in [0.29, 0.717) is 11.7 Å². The third-order valence-electron chi connectivity index (χ3n) is 6.20. The van der Waals surface area contributed by atoms with Gasteiger partial charge in [-0.3, -0.25) is 9.69 Å². The molecular weight excluding hydrogens is 416 g/mol. The Hall–Kier alpha value is -4.00. The lowest BCUT2D eigenvalue weighted by molar-refractivity contribution is -0.131. The Morgan fingerprint density at radius 1 is 1.00 bits per heavy atom. The van der Waals surface area contributed by atoms with Gasteiger partial charge in [-0.1, -0.05) is 85.7 Å². The van der Waals surface area contributed by atoms with Gasteiger partial charge in [-0.2, -0.15) is 4.98 Å². The molecule has 33 heavy (non-hydrogen) atoms. The quantitative estimate of drug-likeness (QED) is 0.442. The molecule has 0 radical (unpaired) electrons. The van der Waals surface area contributed by atoms with Crippen LogP contribution < -0.4 is 5.32 Å². The Kier molecular flexibility index (Phi) is 4.96. The minimum Gasteiger partial charge on any atom is -0.337 e. The molecule has 3 amide bonds. The van der Waals surface area contributed by atoms with Crippen LogP contribution in [0.25, 0.3) is 22.2 Å². The lowest BCUT2D eigenvalue weighted by Gasteiger charge is -2.23. The molecule has 1 aromatic heterocycles. The van der Waals surface area contributed by atoms with E-state index in [9.17, 15) is 9.59 Å². The van der Waals surface area contributed by atoms with E-state index in [-0.39, 0.29) is 18.3 Å². The molecule has 1 saturated heterocycles. The maximum Gasteiger partial charge on any atom is 0.325 e. The summed E-state index contributed by atoms with van der Waals surface area (Å²) in [6.07, 6.45) is 0. The number of aromatic nitrogens is 2. The SMILES string of the molecule is CC(C)c1ccc(-c2noc(CN3C(=O)NC(C)(c4cccc5ccccc45)C3=O)n2)cc1. The van der Waals surface area contributed by atoms with Gasteiger partial charge in [0.2, 0.25) is 11.7 Å². The summed E-state index contributed by atoms with van der Waals surface area (Å²) in [7, 11) is 0. The second kappa shape index (κ2) is 7.85. The summed E-state index contributed by atoms with van der Waals surface area (Å²) in [6.45, 7) is 5.89. The van der Waals surface area contributed by atoms with Crippen molar-refractivity contribution in [2.45, 2.75) is 38.8 Å². The van der Waals surface area contributed by atoms with Crippen LogP contribution in [0.4, 0.5) is 4.79 Å². The highest BCUT2D eigenvalue weighted by atomic mass is 16.5. The fourth-order valence-corrected chi connectivity index (χ4v) is 4.27. The van der Waals surface area contributed by atoms with Gasteiger partial charge in [0, 0.05) is 5.56 Å². The van der Waals surface area contributed by atoms with Crippen LogP contribution in [0.5, 0.6) is 0 Å². The van der Waals surface area contributed by atoms with E-state index in [1.807, 2.05) is 66.7 Å². The number of nitrogens with zero attached hydrogens (tertiary/aromatic N) is 3. The van der Waals surface area contributed by atoms with E-state index in [1.54, 1.807) is 6.92 Å². The van der Waals surface area contributed by atoms with Crippen molar-refractivity contribution in [3.05, 3.63) is 83.7 Å². The van der Waals surface area contributed by atoms with Crippen molar-refractivity contribution in [1.82, 2.24) is 20.4 Å². The minimum absolute atomic E-state index is 0.0951. The standard InChI is InChI=1S/C26H24N4O3/c1-16(2)17-11-13-19(14-12-17)23-27-22(33-29-23)15-30-24(31)26(3,28-25(30)32)21-10-6-8-18-7-4-5-9-20(18)21/h4-14,16H,15H2,1-3H3,(H,28,32). The Bertz CT molecular complexity index is 1350. The van der Waals surface area contributed by atoms with E-state index in [1.165, 1.54) is 5.56 Å². The fourth-order valence-electron chi connectivity index (χ4n) is 4.27. The monoisotopic (exact) mass is 440 g/mol. The second-order valence-electron chi connectivity index (χ2n) is 8.76. The number of hydrogen-bond donors (Lipinski definition) is 1. The van der Waals surface area contributed by atoms with E-state index >= 15 is 0 Å². The number of nitrogens with one attached hydrogen (secondary N) is 1. The Balaban J connectivity index is 1.40. The van der Waals surface area contributed by atoms with Crippen molar-refractivity contribution in [1.29, 1.82) is 0 Å². The summed E-state index contributed by atoms with van der Waals surface area (Å²) < 4.78 is 5.36. The zero-order chi connectivity index (χ0) is 23.2. The number of benzene rings is 3. The van der Waals surface area contributed by atoms with Crippen LogP contribution in [0.15, 0.2) is 71.3 Å². The molecule has 1 unspecified atom stereocenters. The van der Waals surface area contributed by atoms with Gasteiger partial charge in [0.15, 0.2) is 0 Å². The fraction of sp³-hybridized carbons (Fsp3) is 0.231. The number of urea groups is 1. The minimum atomic E-state index is -1.19. The molecular formula is C26H24N4O3. The number of amides is 3. The zero-order valence-corrected chi connectivity index (χ0v) is 18.7. The van der Waals surface area contributed by atoms with Gasteiger partial charge in [0.1, 0.15) is 12.1 Å². The second-order valence-corrected chi connectivity index (χ2v) is 8.76. The predicted octanol–water partition coefficient (Wildman–Crippen LogP) is 4.98. The third kappa shape index (κ3) is 3.55. The van der Waals surface area contributed by atoms with Crippen molar-refractivity contribution < 1.29 is 14.1 Å². The maximum atomic E-state index is 13.4. The molecule has 7 nitrogen and oxygen atoms in total. The first kappa shape index (κ1) is 20.9. The zero-order valence-electron chi connectivity index (χ0n) is 18.7. The molecule has 1 aliphatic rings. The highest BCUT2D eigenvalue weighted by Gasteiger charge is 2.50. The molecule has 3 aromatic carbocycles. The highest BCUT2D eigenvalue weighted by Crippen LogP contribution is 2.34. The van der Waals surface area contributed by atoms with Crippen molar-refractivity contribution in [2.24, 2.45) is 0 Å². The maximum absolute atomic E-state index is 13.4. The smallest absolute Gasteiger partial charge is 0.325 e. The van der Waals surface area contributed by atoms with Crippen molar-refractivity contribution >= 4 is 22.7 Å². The summed E-state index contributed by atoms with van der Waals surface area (Å²) in [5.41, 5.74) is 1.59. The summed E-state index contributed by atoms with van der Waals surface area (Å²) in [6, 6.07) is 21.0. The number of carbonyl (C=O) groups excluding carboxylic acids is 2. The summed E-state index contributed by atoms with van der Waals surface area (Å²) >= 11 is 0. The van der Waals surface area contributed by atoms with Crippen molar-refractivity contribution in [3.63, 3.8) is 0 Å². The molecule has 0 saturated carbocycles. The molecule has 4 aromatic rings. The van der Waals surface area contributed by atoms with Crippen LogP contribution in [0, 0.1) is 0 Å². The first-order chi connectivity index (χ1) is 15.9. The molecule has 166 valence electrons. The topological polar surface area (TPSA) is 88.3 Å². The lowest BCUT2D eigenvalue weighted by atomic mass is 9.88. The highest BCUT2D eigenvalue weighted by molar-refractivity contribution is 6.09. The van der Waals surface area contributed by atoms with Gasteiger partial charge in [0.05, 0.1) is 0 Å². The van der Waals surface area contributed by atoms with Gasteiger partial charge in [-0.25, -0.2) is 4.79 Å². The van der Waals surface area contributed by atoms with E-state index in [2.05, 4.69) is 29.3 Å². The van der Waals surface area contributed by atoms with E-state index in [0.717, 1.165) is 26.8 Å². The summed E-state index contributed by atoms with van der Waals surface area (Å²) in [5, 5.41) is 8.82. The first-order valence-electron chi connectivity index (χ1n) is 10.9. The molecule has 2 heterocycles. The summed E-state index contributed by atoms with van der Waals surface area (Å²) in [5.74, 6) is 0.688. The number of carbonyl (C=O) groups is 2. The molecule has 1 aliphatic heterocycles. The normalized spacial score (nSPS) is 18.4. The van der Waals surface area contributed by atoms with Crippen molar-refractivity contribution in [2.75, 3.05) is 0 Å². The van der Waals surface area contributed by atoms with Crippen LogP contribution in [-0.2, 0) is 16.9 Å². The number of fused-ring (bicyclic) bond motifs is 1. The van der Waals surface area contributed by atoms with E-state index in [4.69, 9.17) is 4.52 Å². The molecule has 7 heteroatoms. The number of rotatable bonds is 5. The molecule has 1 atom stereocenters. The molecule has 1 N–H and O–H groups in total. The molecule has 1 fully saturated rings. The van der Waals surface area contributed by atoms with Crippen LogP contribution >= 0.6 is 0 Å². The molecule has 0 aliphatic carbocycles. The average Bonchev–Trinajstić information content (AvgIpc) is 3.38. The van der Waals surface area contributed by atoms with Gasteiger partial charge in [-0.05, 0) is 34.7 Å². The largest absolute Gasteiger partial charge is 0.337 e. The number of hydrogen-bond acceptors (Lipinski definition) is 5. The third-order valence-corrected chi connectivity index (χ3v) is 6.20. The van der Waals surface area contributed by atoms with Gasteiger partial charge in [0.25, 0.3) is 5.91 Å². The van der Waals surface area contributed by atoms with Crippen LogP contribution in [0.2, 0.25) is 0 Å².